The average Bonchev–Trinajstić information content (AvgIpc) is 2.80. The van der Waals surface area contributed by atoms with Gasteiger partial charge in [-0.25, -0.2) is 4.90 Å². The van der Waals surface area contributed by atoms with Gasteiger partial charge in [-0.15, -0.1) is 0 Å². The highest BCUT2D eigenvalue weighted by molar-refractivity contribution is 6.33. The molecule has 5 heteroatoms. The van der Waals surface area contributed by atoms with Crippen LogP contribution in [0.25, 0.3) is 0 Å². The Bertz CT molecular complexity index is 636. The van der Waals surface area contributed by atoms with E-state index >= 15 is 0 Å². The number of carbonyl (C=O) groups is 2. The molecule has 0 radical (unpaired) electrons. The Morgan fingerprint density at radius 3 is 2.26 bits per heavy atom. The molecule has 0 saturated heterocycles. The summed E-state index contributed by atoms with van der Waals surface area (Å²) < 4.78 is 5.80. The van der Waals surface area contributed by atoms with Crippen molar-refractivity contribution in [2.45, 2.75) is 25.7 Å². The number of nitrogens with zero attached hydrogens (tertiary/aromatic N) is 2. The molecule has 0 fully saturated rings. The number of hydrogen-bond donors (Lipinski definition) is 0. The second-order valence-electron chi connectivity index (χ2n) is 6.23. The number of benzene rings is 1. The van der Waals surface area contributed by atoms with E-state index in [1.807, 2.05) is 37.2 Å². The number of ether oxygens (including phenoxy) is 1. The molecule has 0 atom stereocenters. The van der Waals surface area contributed by atoms with E-state index in [1.165, 1.54) is 4.90 Å². The number of para-hydroxylation sites is 2. The average molecular weight is 314 g/mol. The first-order chi connectivity index (χ1) is 11.1. The molecule has 0 spiro atoms. The fourth-order valence-electron chi connectivity index (χ4n) is 3.06. The van der Waals surface area contributed by atoms with Crippen LogP contribution >= 0.6 is 0 Å². The minimum absolute atomic E-state index is 0.173. The number of imide groups is 1. The van der Waals surface area contributed by atoms with Crippen LogP contribution in [0.3, 0.4) is 0 Å². The third-order valence-electron chi connectivity index (χ3n) is 4.29. The van der Waals surface area contributed by atoms with Gasteiger partial charge >= 0.3 is 0 Å². The first-order valence-corrected chi connectivity index (χ1v) is 8.07. The summed E-state index contributed by atoms with van der Waals surface area (Å²) in [5, 5.41) is 0. The normalized spacial score (nSPS) is 18.0. The fourth-order valence-corrected chi connectivity index (χ4v) is 3.06. The van der Waals surface area contributed by atoms with Crippen LogP contribution in [0.15, 0.2) is 35.4 Å². The van der Waals surface area contributed by atoms with E-state index in [0.29, 0.717) is 42.0 Å². The Labute approximate surface area is 136 Å². The largest absolute Gasteiger partial charge is 0.490 e. The van der Waals surface area contributed by atoms with E-state index in [1.54, 1.807) is 6.07 Å². The summed E-state index contributed by atoms with van der Waals surface area (Å²) >= 11 is 0. The summed E-state index contributed by atoms with van der Waals surface area (Å²) in [6.07, 6.45) is 3.37. The standard InChI is InChI=1S/C18H22N2O3/c1-19(2)11-12-23-16-10-6-5-9-15(16)20-17(21)13-7-3-4-8-14(13)18(20)22/h5-6,9-10H,3-4,7-8,11-12H2,1-2H3. The Hall–Kier alpha value is -2.14. The van der Waals surface area contributed by atoms with Gasteiger partial charge in [0.2, 0.25) is 0 Å². The molecular formula is C18H22N2O3. The van der Waals surface area contributed by atoms with Crippen LogP contribution in [0.1, 0.15) is 25.7 Å². The zero-order valence-electron chi connectivity index (χ0n) is 13.7. The maximum absolute atomic E-state index is 12.7. The highest BCUT2D eigenvalue weighted by atomic mass is 16.5. The molecule has 1 aliphatic carbocycles. The SMILES string of the molecule is CN(C)CCOc1ccccc1N1C(=O)C2=C(CCCC2)C1=O. The quantitative estimate of drug-likeness (QED) is 0.783. The summed E-state index contributed by atoms with van der Waals surface area (Å²) in [6, 6.07) is 7.26. The summed E-state index contributed by atoms with van der Waals surface area (Å²) in [5.74, 6) is 0.234. The molecule has 5 nitrogen and oxygen atoms in total. The highest BCUT2D eigenvalue weighted by Gasteiger charge is 2.40. The van der Waals surface area contributed by atoms with Crippen molar-refractivity contribution in [3.05, 3.63) is 35.4 Å². The van der Waals surface area contributed by atoms with E-state index in [2.05, 4.69) is 0 Å². The second kappa shape index (κ2) is 6.54. The maximum atomic E-state index is 12.7. The van der Waals surface area contributed by atoms with Gasteiger partial charge in [0.1, 0.15) is 12.4 Å². The van der Waals surface area contributed by atoms with Crippen molar-refractivity contribution >= 4 is 17.5 Å². The zero-order valence-corrected chi connectivity index (χ0v) is 13.7. The molecular weight excluding hydrogens is 292 g/mol. The van der Waals surface area contributed by atoms with E-state index in [9.17, 15) is 9.59 Å². The number of hydrogen-bond acceptors (Lipinski definition) is 4. The Morgan fingerprint density at radius 1 is 1.04 bits per heavy atom. The van der Waals surface area contributed by atoms with Crippen molar-refractivity contribution in [2.24, 2.45) is 0 Å². The van der Waals surface area contributed by atoms with Gasteiger partial charge in [0.15, 0.2) is 0 Å². The molecule has 3 rings (SSSR count). The molecule has 0 aromatic heterocycles. The second-order valence-corrected chi connectivity index (χ2v) is 6.23. The minimum Gasteiger partial charge on any atom is -0.490 e. The summed E-state index contributed by atoms with van der Waals surface area (Å²) in [6.45, 7) is 1.28. The first-order valence-electron chi connectivity index (χ1n) is 8.07. The van der Waals surface area contributed by atoms with E-state index in [-0.39, 0.29) is 11.8 Å². The predicted molar refractivity (Wildman–Crippen MR) is 88.5 cm³/mol. The van der Waals surface area contributed by atoms with Gasteiger partial charge in [-0.3, -0.25) is 9.59 Å². The summed E-state index contributed by atoms with van der Waals surface area (Å²) in [5.41, 5.74) is 1.95. The van der Waals surface area contributed by atoms with Gasteiger partial charge in [0.25, 0.3) is 11.8 Å². The van der Waals surface area contributed by atoms with Gasteiger partial charge in [0.05, 0.1) is 5.69 Å². The summed E-state index contributed by atoms with van der Waals surface area (Å²) in [7, 11) is 3.95. The third kappa shape index (κ3) is 3.01. The smallest absolute Gasteiger partial charge is 0.261 e. The topological polar surface area (TPSA) is 49.9 Å². The van der Waals surface area contributed by atoms with Crippen LogP contribution in [0.2, 0.25) is 0 Å². The van der Waals surface area contributed by atoms with Crippen LogP contribution in [0, 0.1) is 0 Å². The molecule has 122 valence electrons. The lowest BCUT2D eigenvalue weighted by Gasteiger charge is -2.20. The van der Waals surface area contributed by atoms with E-state index < -0.39 is 0 Å². The van der Waals surface area contributed by atoms with Crippen molar-refractivity contribution in [3.63, 3.8) is 0 Å². The van der Waals surface area contributed by atoms with Gasteiger partial charge in [0, 0.05) is 17.7 Å². The van der Waals surface area contributed by atoms with Crippen LogP contribution in [-0.2, 0) is 9.59 Å². The third-order valence-corrected chi connectivity index (χ3v) is 4.29. The number of anilines is 1. The van der Waals surface area contributed by atoms with Crippen LogP contribution < -0.4 is 9.64 Å². The van der Waals surface area contributed by atoms with Crippen LogP contribution in [0.4, 0.5) is 5.69 Å². The Morgan fingerprint density at radius 2 is 1.65 bits per heavy atom. The number of carbonyl (C=O) groups excluding carboxylic acids is 2. The van der Waals surface area contributed by atoms with Crippen molar-refractivity contribution in [1.29, 1.82) is 0 Å². The Balaban J connectivity index is 1.85. The summed E-state index contributed by atoms with van der Waals surface area (Å²) in [4.78, 5) is 28.7. The van der Waals surface area contributed by atoms with Crippen molar-refractivity contribution in [2.75, 3.05) is 32.1 Å². The van der Waals surface area contributed by atoms with Crippen molar-refractivity contribution in [1.82, 2.24) is 4.90 Å². The molecule has 0 saturated carbocycles. The zero-order chi connectivity index (χ0) is 16.4. The van der Waals surface area contributed by atoms with Gasteiger partial charge in [-0.1, -0.05) is 12.1 Å². The predicted octanol–water partition coefficient (Wildman–Crippen LogP) is 2.37. The monoisotopic (exact) mass is 314 g/mol. The van der Waals surface area contributed by atoms with Crippen LogP contribution in [0.5, 0.6) is 5.75 Å². The number of likely N-dealkylation sites (N-methyl/N-ethyl adjacent to an activating group) is 1. The maximum Gasteiger partial charge on any atom is 0.261 e. The van der Waals surface area contributed by atoms with E-state index in [0.717, 1.165) is 19.4 Å². The minimum atomic E-state index is -0.173. The van der Waals surface area contributed by atoms with Gasteiger partial charge in [-0.2, -0.15) is 0 Å². The molecule has 23 heavy (non-hydrogen) atoms. The molecule has 2 aliphatic rings. The van der Waals surface area contributed by atoms with Crippen LogP contribution in [-0.4, -0.2) is 44.0 Å². The van der Waals surface area contributed by atoms with Gasteiger partial charge < -0.3 is 9.64 Å². The molecule has 2 amide bonds. The molecule has 0 N–H and O–H groups in total. The number of amides is 2. The number of rotatable bonds is 5. The lowest BCUT2D eigenvalue weighted by molar-refractivity contribution is -0.120. The van der Waals surface area contributed by atoms with Crippen molar-refractivity contribution < 1.29 is 14.3 Å². The van der Waals surface area contributed by atoms with Gasteiger partial charge in [-0.05, 0) is 51.9 Å². The Kier molecular flexibility index (Phi) is 4.48. The fraction of sp³-hybridized carbons (Fsp3) is 0.444. The highest BCUT2D eigenvalue weighted by Crippen LogP contribution is 2.38. The molecule has 1 aromatic rings. The first kappa shape index (κ1) is 15.7. The molecule has 0 bridgehead atoms. The van der Waals surface area contributed by atoms with Crippen molar-refractivity contribution in [3.8, 4) is 5.75 Å². The molecule has 1 aliphatic heterocycles. The lowest BCUT2D eigenvalue weighted by atomic mass is 9.93. The lowest BCUT2D eigenvalue weighted by Crippen LogP contribution is -2.32. The molecule has 1 heterocycles. The molecule has 1 aromatic carbocycles. The molecule has 0 unspecified atom stereocenters. The van der Waals surface area contributed by atoms with E-state index in [4.69, 9.17) is 4.74 Å².